The van der Waals surface area contributed by atoms with Crippen LogP contribution in [0.25, 0.3) is 11.0 Å². The predicted molar refractivity (Wildman–Crippen MR) is 120 cm³/mol. The van der Waals surface area contributed by atoms with E-state index >= 15 is 0 Å². The molecule has 0 aliphatic carbocycles. The number of aromatic nitrogens is 2. The fourth-order valence-electron chi connectivity index (χ4n) is 3.90. The Morgan fingerprint density at radius 2 is 1.58 bits per heavy atom. The highest BCUT2D eigenvalue weighted by atomic mass is 32.2. The van der Waals surface area contributed by atoms with Crippen molar-refractivity contribution in [3.8, 4) is 0 Å². The van der Waals surface area contributed by atoms with Crippen molar-refractivity contribution >= 4 is 26.8 Å². The van der Waals surface area contributed by atoms with Crippen LogP contribution in [0.4, 0.5) is 0 Å². The number of nitrogens with zero attached hydrogens (tertiary/aromatic N) is 4. The number of hydrazone groups is 1. The molecule has 0 fully saturated rings. The van der Waals surface area contributed by atoms with E-state index in [1.54, 1.807) is 37.5 Å². The van der Waals surface area contributed by atoms with Crippen molar-refractivity contribution in [3.05, 3.63) is 102 Å². The minimum atomic E-state index is -3.85. The highest BCUT2D eigenvalue weighted by Gasteiger charge is 2.38. The molecule has 5 rings (SSSR count). The summed E-state index contributed by atoms with van der Waals surface area (Å²) < 4.78 is 28.6. The molecule has 1 unspecified atom stereocenters. The molecular weight excluding hydrogens is 408 g/mol. The average Bonchev–Trinajstić information content (AvgIpc) is 3.26. The van der Waals surface area contributed by atoms with Crippen LogP contribution in [0.3, 0.4) is 0 Å². The Kier molecular flexibility index (Phi) is 4.75. The summed E-state index contributed by atoms with van der Waals surface area (Å²) in [6.07, 6.45) is 3.75. The molecule has 0 radical (unpaired) electrons. The fraction of sp³-hybridized carbons (Fsp3) is 0.125. The summed E-state index contributed by atoms with van der Waals surface area (Å²) >= 11 is 0. The third-order valence-corrected chi connectivity index (χ3v) is 7.32. The monoisotopic (exact) mass is 428 g/mol. The van der Waals surface area contributed by atoms with Crippen LogP contribution in [0.5, 0.6) is 0 Å². The van der Waals surface area contributed by atoms with Crippen LogP contribution < -0.4 is 0 Å². The normalized spacial score (nSPS) is 16.5. The van der Waals surface area contributed by atoms with Gasteiger partial charge in [0.25, 0.3) is 10.0 Å². The lowest BCUT2D eigenvalue weighted by Crippen LogP contribution is -2.28. The van der Waals surface area contributed by atoms with Gasteiger partial charge in [0, 0.05) is 18.8 Å². The van der Waals surface area contributed by atoms with Gasteiger partial charge in [-0.25, -0.2) is 0 Å². The van der Waals surface area contributed by atoms with Crippen LogP contribution in [-0.4, -0.2) is 28.5 Å². The summed E-state index contributed by atoms with van der Waals surface area (Å²) in [5.41, 5.74) is 4.66. The lowest BCUT2D eigenvalue weighted by molar-refractivity contribution is 0.371. The Labute approximate surface area is 181 Å². The molecule has 3 aromatic carbocycles. The second kappa shape index (κ2) is 7.59. The molecular formula is C24H20N4O2S. The van der Waals surface area contributed by atoms with E-state index in [-0.39, 0.29) is 4.90 Å². The zero-order valence-electron chi connectivity index (χ0n) is 16.9. The molecule has 0 bridgehead atoms. The first-order chi connectivity index (χ1) is 15.0. The van der Waals surface area contributed by atoms with Gasteiger partial charge in [-0.3, -0.25) is 9.97 Å². The van der Waals surface area contributed by atoms with Crippen LogP contribution >= 0.6 is 0 Å². The Balaban J connectivity index is 1.64. The van der Waals surface area contributed by atoms with E-state index in [0.717, 1.165) is 27.9 Å². The summed E-state index contributed by atoms with van der Waals surface area (Å²) in [5, 5.41) is 4.61. The summed E-state index contributed by atoms with van der Waals surface area (Å²) in [6, 6.07) is 21.9. The van der Waals surface area contributed by atoms with Crippen molar-refractivity contribution in [2.45, 2.75) is 24.3 Å². The Morgan fingerprint density at radius 3 is 2.35 bits per heavy atom. The number of aryl methyl sites for hydroxylation is 1. The Hall–Kier alpha value is -3.58. The highest BCUT2D eigenvalue weighted by molar-refractivity contribution is 7.89. The van der Waals surface area contributed by atoms with Crippen molar-refractivity contribution in [1.29, 1.82) is 0 Å². The molecule has 1 aliphatic rings. The van der Waals surface area contributed by atoms with Gasteiger partial charge in [0.05, 0.1) is 27.7 Å². The number of hydrogen-bond acceptors (Lipinski definition) is 5. The maximum absolute atomic E-state index is 13.7. The van der Waals surface area contributed by atoms with Gasteiger partial charge >= 0.3 is 0 Å². The SMILES string of the molecule is Cc1ccccc1S(=O)(=O)N1N=C(c2ccccc2)CC1c1ccc2nccnc2c1. The maximum atomic E-state index is 13.7. The lowest BCUT2D eigenvalue weighted by Gasteiger charge is -2.24. The van der Waals surface area contributed by atoms with E-state index in [1.807, 2.05) is 54.6 Å². The molecule has 1 atom stereocenters. The Morgan fingerprint density at radius 1 is 0.871 bits per heavy atom. The molecule has 1 aliphatic heterocycles. The van der Waals surface area contributed by atoms with Crippen molar-refractivity contribution < 1.29 is 8.42 Å². The zero-order chi connectivity index (χ0) is 21.4. The number of sulfonamides is 1. The van der Waals surface area contributed by atoms with Gasteiger partial charge in [-0.05, 0) is 41.8 Å². The quantitative estimate of drug-likeness (QED) is 0.480. The molecule has 7 heteroatoms. The number of hydrogen-bond donors (Lipinski definition) is 0. The second-order valence-electron chi connectivity index (χ2n) is 7.48. The summed E-state index contributed by atoms with van der Waals surface area (Å²) in [7, 11) is -3.85. The molecule has 2 heterocycles. The maximum Gasteiger partial charge on any atom is 0.279 e. The van der Waals surface area contributed by atoms with Gasteiger partial charge in [0.15, 0.2) is 0 Å². The third kappa shape index (κ3) is 3.47. The van der Waals surface area contributed by atoms with E-state index in [9.17, 15) is 8.42 Å². The van der Waals surface area contributed by atoms with Crippen LogP contribution in [-0.2, 0) is 10.0 Å². The summed E-state index contributed by atoms with van der Waals surface area (Å²) in [5.74, 6) is 0. The van der Waals surface area contributed by atoms with E-state index in [0.29, 0.717) is 12.0 Å². The molecule has 4 aromatic rings. The molecule has 0 amide bonds. The minimum absolute atomic E-state index is 0.263. The van der Waals surface area contributed by atoms with Crippen molar-refractivity contribution in [2.24, 2.45) is 5.10 Å². The van der Waals surface area contributed by atoms with E-state index in [4.69, 9.17) is 0 Å². The molecule has 0 saturated carbocycles. The van der Waals surface area contributed by atoms with Crippen molar-refractivity contribution in [3.63, 3.8) is 0 Å². The van der Waals surface area contributed by atoms with Gasteiger partial charge in [0.2, 0.25) is 0 Å². The van der Waals surface area contributed by atoms with Crippen molar-refractivity contribution in [1.82, 2.24) is 14.4 Å². The molecule has 6 nitrogen and oxygen atoms in total. The molecule has 0 saturated heterocycles. The standard InChI is InChI=1S/C24H20N4O2S/c1-17-7-5-6-10-24(17)31(29,30)28-23(16-21(27-28)18-8-3-2-4-9-18)19-11-12-20-22(15-19)26-14-13-25-20/h2-15,23H,16H2,1H3. The smallest absolute Gasteiger partial charge is 0.253 e. The topological polar surface area (TPSA) is 75.5 Å². The van der Waals surface area contributed by atoms with Gasteiger partial charge in [-0.2, -0.15) is 17.9 Å². The first-order valence-electron chi connectivity index (χ1n) is 9.98. The average molecular weight is 429 g/mol. The first kappa shape index (κ1) is 19.4. The molecule has 0 N–H and O–H groups in total. The number of benzene rings is 3. The fourth-order valence-corrected chi connectivity index (χ4v) is 5.56. The Bertz CT molecular complexity index is 1400. The van der Waals surface area contributed by atoms with Gasteiger partial charge in [-0.15, -0.1) is 0 Å². The number of rotatable bonds is 4. The van der Waals surface area contributed by atoms with Crippen LogP contribution in [0, 0.1) is 6.92 Å². The van der Waals surface area contributed by atoms with Crippen LogP contribution in [0.15, 0.2) is 95.2 Å². The van der Waals surface area contributed by atoms with Gasteiger partial charge in [-0.1, -0.05) is 54.6 Å². The van der Waals surface area contributed by atoms with E-state index in [2.05, 4.69) is 15.1 Å². The zero-order valence-corrected chi connectivity index (χ0v) is 17.7. The summed E-state index contributed by atoms with van der Waals surface area (Å²) in [4.78, 5) is 8.96. The summed E-state index contributed by atoms with van der Waals surface area (Å²) in [6.45, 7) is 1.80. The molecule has 31 heavy (non-hydrogen) atoms. The van der Waals surface area contributed by atoms with Crippen LogP contribution in [0.2, 0.25) is 0 Å². The van der Waals surface area contributed by atoms with Crippen LogP contribution in [0.1, 0.15) is 29.2 Å². The predicted octanol–water partition coefficient (Wildman–Crippen LogP) is 4.48. The number of fused-ring (bicyclic) bond motifs is 1. The minimum Gasteiger partial charge on any atom is -0.253 e. The largest absolute Gasteiger partial charge is 0.279 e. The first-order valence-corrected chi connectivity index (χ1v) is 11.4. The van der Waals surface area contributed by atoms with Gasteiger partial charge in [0.1, 0.15) is 0 Å². The molecule has 154 valence electrons. The van der Waals surface area contributed by atoms with E-state index in [1.165, 1.54) is 4.41 Å². The second-order valence-corrected chi connectivity index (χ2v) is 9.24. The van der Waals surface area contributed by atoms with E-state index < -0.39 is 16.1 Å². The highest BCUT2D eigenvalue weighted by Crippen LogP contribution is 2.38. The third-order valence-electron chi connectivity index (χ3n) is 5.48. The van der Waals surface area contributed by atoms with Crippen molar-refractivity contribution in [2.75, 3.05) is 0 Å². The van der Waals surface area contributed by atoms with Gasteiger partial charge < -0.3 is 0 Å². The lowest BCUT2D eigenvalue weighted by atomic mass is 9.99. The molecule has 0 spiro atoms. The molecule has 1 aromatic heterocycles.